The number of hydrogen-bond donors (Lipinski definition) is 1. The predicted octanol–water partition coefficient (Wildman–Crippen LogP) is 2.55. The number of carboxylic acids is 1. The second-order valence-electron chi connectivity index (χ2n) is 3.38. The minimum absolute atomic E-state index is 0.0294. The fourth-order valence-corrected chi connectivity index (χ4v) is 1.62. The first-order valence-corrected chi connectivity index (χ1v) is 5.66. The molecule has 6 nitrogen and oxygen atoms in total. The first-order chi connectivity index (χ1) is 8.40. The molecule has 2 rings (SSSR count). The van der Waals surface area contributed by atoms with Crippen LogP contribution in [0.3, 0.4) is 0 Å². The van der Waals surface area contributed by atoms with Crippen molar-refractivity contribution in [3.05, 3.63) is 44.0 Å². The average Bonchev–Trinajstić information content (AvgIpc) is 2.27. The van der Waals surface area contributed by atoms with Crippen LogP contribution in [0.5, 0.6) is 5.75 Å². The summed E-state index contributed by atoms with van der Waals surface area (Å²) in [4.78, 5) is 19.1. The van der Waals surface area contributed by atoms with E-state index >= 15 is 0 Å². The van der Waals surface area contributed by atoms with Crippen molar-refractivity contribution in [1.82, 2.24) is 0 Å². The molecule has 0 spiro atoms. The van der Waals surface area contributed by atoms with E-state index in [-0.39, 0.29) is 12.3 Å². The van der Waals surface area contributed by atoms with Crippen molar-refractivity contribution in [3.63, 3.8) is 0 Å². The summed E-state index contributed by atoms with van der Waals surface area (Å²) in [6.07, 6.45) is 1.53. The minimum Gasteiger partial charge on any atom is -0.482 e. The Morgan fingerprint density at radius 2 is 2.17 bits per heavy atom. The van der Waals surface area contributed by atoms with Crippen molar-refractivity contribution in [1.29, 1.82) is 0 Å². The molecule has 96 valence electrons. The van der Waals surface area contributed by atoms with E-state index in [9.17, 15) is 10.1 Å². The highest BCUT2D eigenvalue weighted by Crippen LogP contribution is 2.28. The Morgan fingerprint density at radius 3 is 2.72 bits per heavy atom. The van der Waals surface area contributed by atoms with Gasteiger partial charge in [-0.1, -0.05) is 15.9 Å². The Labute approximate surface area is 111 Å². The number of aliphatic carboxylic acids is 1. The van der Waals surface area contributed by atoms with Crippen LogP contribution >= 0.6 is 15.9 Å². The Morgan fingerprint density at radius 1 is 1.56 bits per heavy atom. The second-order valence-corrected chi connectivity index (χ2v) is 4.30. The fraction of sp³-hybridized carbons (Fsp3) is 0.182. The monoisotopic (exact) mass is 315 g/mol. The number of rotatable bonds is 1. The number of fused-ring (bicyclic) bond motifs is 1. The highest BCUT2D eigenvalue weighted by atomic mass is 79.9. The lowest BCUT2D eigenvalue weighted by atomic mass is 10.1. The molecule has 0 unspecified atom stereocenters. The summed E-state index contributed by atoms with van der Waals surface area (Å²) in [5.41, 5.74) is 0.813. The fourth-order valence-electron chi connectivity index (χ4n) is 1.24. The van der Waals surface area contributed by atoms with Crippen LogP contribution in [0, 0.1) is 10.1 Å². The van der Waals surface area contributed by atoms with E-state index in [1.165, 1.54) is 6.08 Å². The topological polar surface area (TPSA) is 89.7 Å². The minimum atomic E-state index is -0.833. The van der Waals surface area contributed by atoms with Crippen LogP contribution < -0.4 is 4.74 Å². The quantitative estimate of drug-likeness (QED) is 0.635. The zero-order valence-electron chi connectivity index (χ0n) is 9.42. The molecule has 0 aliphatic carbocycles. The van der Waals surface area contributed by atoms with E-state index in [1.54, 1.807) is 12.1 Å². The molecule has 0 amide bonds. The SMILES string of the molecule is CC(=O)O.O=[N+]([O-])C1=Cc2cc(Br)ccc2OC1. The summed E-state index contributed by atoms with van der Waals surface area (Å²) in [6, 6.07) is 5.41. The van der Waals surface area contributed by atoms with E-state index in [4.69, 9.17) is 14.6 Å². The van der Waals surface area contributed by atoms with Crippen LogP contribution in [0.1, 0.15) is 12.5 Å². The normalized spacial score (nSPS) is 12.2. The van der Waals surface area contributed by atoms with Crippen LogP contribution in [0.2, 0.25) is 0 Å². The molecule has 0 saturated heterocycles. The maximum absolute atomic E-state index is 10.5. The second kappa shape index (κ2) is 6.15. The zero-order valence-corrected chi connectivity index (χ0v) is 11.0. The third-order valence-corrected chi connectivity index (χ3v) is 2.40. The molecule has 1 aromatic carbocycles. The molecule has 0 radical (unpaired) electrons. The molecule has 1 heterocycles. The summed E-state index contributed by atoms with van der Waals surface area (Å²) in [5.74, 6) is -0.154. The van der Waals surface area contributed by atoms with Crippen LogP contribution in [0.25, 0.3) is 6.08 Å². The van der Waals surface area contributed by atoms with E-state index < -0.39 is 10.9 Å². The van der Waals surface area contributed by atoms with E-state index in [1.807, 2.05) is 6.07 Å². The van der Waals surface area contributed by atoms with Gasteiger partial charge in [-0.05, 0) is 18.2 Å². The van der Waals surface area contributed by atoms with Gasteiger partial charge in [0.25, 0.3) is 11.7 Å². The van der Waals surface area contributed by atoms with Crippen LogP contribution in [-0.2, 0) is 4.79 Å². The predicted molar refractivity (Wildman–Crippen MR) is 67.9 cm³/mol. The zero-order chi connectivity index (χ0) is 13.7. The van der Waals surface area contributed by atoms with Crippen molar-refractivity contribution in [2.75, 3.05) is 6.61 Å². The number of carbonyl (C=O) groups is 1. The van der Waals surface area contributed by atoms with Gasteiger partial charge >= 0.3 is 0 Å². The lowest BCUT2D eigenvalue weighted by Gasteiger charge is -2.12. The summed E-state index contributed by atoms with van der Waals surface area (Å²) >= 11 is 3.29. The third-order valence-electron chi connectivity index (χ3n) is 1.90. The Balaban J connectivity index is 0.000000357. The third kappa shape index (κ3) is 4.17. The molecular formula is C11H10BrNO5. The van der Waals surface area contributed by atoms with Gasteiger partial charge in [0.05, 0.1) is 4.92 Å². The molecule has 0 saturated carbocycles. The summed E-state index contributed by atoms with van der Waals surface area (Å²) < 4.78 is 6.10. The maximum atomic E-state index is 10.5. The first-order valence-electron chi connectivity index (χ1n) is 4.87. The molecule has 0 atom stereocenters. The number of carboxylic acid groups (broad SMARTS) is 1. The van der Waals surface area contributed by atoms with Crippen molar-refractivity contribution < 1.29 is 19.6 Å². The van der Waals surface area contributed by atoms with Gasteiger partial charge in [-0.25, -0.2) is 0 Å². The van der Waals surface area contributed by atoms with Gasteiger partial charge < -0.3 is 9.84 Å². The molecule has 0 bridgehead atoms. The maximum Gasteiger partial charge on any atom is 0.300 e. The summed E-state index contributed by atoms with van der Waals surface area (Å²) in [6.45, 7) is 1.11. The van der Waals surface area contributed by atoms with Gasteiger partial charge in [0.1, 0.15) is 5.75 Å². The summed E-state index contributed by atoms with van der Waals surface area (Å²) in [7, 11) is 0. The van der Waals surface area contributed by atoms with Crippen LogP contribution in [0.4, 0.5) is 0 Å². The average molecular weight is 316 g/mol. The Kier molecular flexibility index (Phi) is 4.85. The van der Waals surface area contributed by atoms with Crippen molar-refractivity contribution in [3.8, 4) is 5.75 Å². The van der Waals surface area contributed by atoms with Crippen LogP contribution in [0.15, 0.2) is 28.4 Å². The largest absolute Gasteiger partial charge is 0.482 e. The standard InChI is InChI=1S/C9H6BrNO3.C2H4O2/c10-7-1-2-9-6(3-7)4-8(5-14-9)11(12)13;1-2(3)4/h1-4H,5H2;1H3,(H,3,4). The summed E-state index contributed by atoms with van der Waals surface area (Å²) in [5, 5.41) is 17.9. The van der Waals surface area contributed by atoms with Gasteiger partial charge in [0, 0.05) is 23.0 Å². The molecule has 7 heteroatoms. The van der Waals surface area contributed by atoms with Gasteiger partial charge in [-0.2, -0.15) is 0 Å². The van der Waals surface area contributed by atoms with Gasteiger partial charge in [-0.15, -0.1) is 0 Å². The molecule has 1 aliphatic rings. The van der Waals surface area contributed by atoms with Crippen LogP contribution in [-0.4, -0.2) is 22.6 Å². The highest BCUT2D eigenvalue weighted by molar-refractivity contribution is 9.10. The molecule has 1 aliphatic heterocycles. The van der Waals surface area contributed by atoms with E-state index in [2.05, 4.69) is 15.9 Å². The van der Waals surface area contributed by atoms with Gasteiger partial charge in [0.15, 0.2) is 6.61 Å². The number of benzene rings is 1. The lowest BCUT2D eigenvalue weighted by Crippen LogP contribution is -2.13. The number of ether oxygens (including phenoxy) is 1. The van der Waals surface area contributed by atoms with Gasteiger partial charge in [-0.3, -0.25) is 14.9 Å². The molecule has 18 heavy (non-hydrogen) atoms. The number of nitro groups is 1. The molecular weight excluding hydrogens is 306 g/mol. The first kappa shape index (κ1) is 14.2. The Hall–Kier alpha value is -1.89. The number of hydrogen-bond acceptors (Lipinski definition) is 4. The lowest BCUT2D eigenvalue weighted by molar-refractivity contribution is -0.427. The van der Waals surface area contributed by atoms with Gasteiger partial charge in [0.2, 0.25) is 0 Å². The molecule has 0 fully saturated rings. The van der Waals surface area contributed by atoms with Crippen molar-refractivity contribution >= 4 is 28.0 Å². The number of nitrogens with zero attached hydrogens (tertiary/aromatic N) is 1. The number of halogens is 1. The molecule has 1 aromatic rings. The highest BCUT2D eigenvalue weighted by Gasteiger charge is 2.19. The molecule has 0 aromatic heterocycles. The van der Waals surface area contributed by atoms with Crippen molar-refractivity contribution in [2.45, 2.75) is 6.92 Å². The Bertz CT molecular complexity index is 508. The van der Waals surface area contributed by atoms with E-state index in [0.29, 0.717) is 5.75 Å². The smallest absolute Gasteiger partial charge is 0.300 e. The molecule has 1 N–H and O–H groups in total. The van der Waals surface area contributed by atoms with E-state index in [0.717, 1.165) is 17.0 Å². The van der Waals surface area contributed by atoms with Crippen molar-refractivity contribution in [2.24, 2.45) is 0 Å².